The summed E-state index contributed by atoms with van der Waals surface area (Å²) in [6, 6.07) is 1.62. The molecule has 0 bridgehead atoms. The molecule has 0 spiro atoms. The molecule has 1 rings (SSSR count). The molecule has 1 aromatic rings. The Hall–Kier alpha value is -1.05. The zero-order valence-electron chi connectivity index (χ0n) is 6.21. The van der Waals surface area contributed by atoms with Crippen LogP contribution in [-0.4, -0.2) is 25.8 Å². The van der Waals surface area contributed by atoms with Crippen molar-refractivity contribution in [2.45, 2.75) is 0 Å². The first-order valence-corrected chi connectivity index (χ1v) is 3.98. The fourth-order valence-electron chi connectivity index (χ4n) is 0.578. The lowest BCUT2D eigenvalue weighted by Gasteiger charge is -2.15. The third kappa shape index (κ3) is 2.53. The van der Waals surface area contributed by atoms with E-state index in [9.17, 15) is 8.76 Å². The second-order valence-electron chi connectivity index (χ2n) is 1.82. The lowest BCUT2D eigenvalue weighted by Crippen LogP contribution is -2.21. The minimum Gasteiger partial charge on any atom is -0.748 e. The molecule has 1 atom stereocenters. The molecule has 1 heterocycles. The van der Waals surface area contributed by atoms with Crippen LogP contribution in [0.4, 0.5) is 5.95 Å². The second-order valence-corrected chi connectivity index (χ2v) is 2.38. The standard InChI is InChI=1S/C5H7N3O3S/c1-8(11-12(9)10)5-6-3-2-4-7-5/h2-4H,1H3,(H,9,10)/p-1. The summed E-state index contributed by atoms with van der Waals surface area (Å²) >= 11 is -2.60. The maximum atomic E-state index is 10.1. The van der Waals surface area contributed by atoms with E-state index in [-0.39, 0.29) is 5.95 Å². The molecule has 0 saturated carbocycles. The number of aromatic nitrogens is 2. The molecule has 0 fully saturated rings. The van der Waals surface area contributed by atoms with Crippen LogP contribution in [-0.2, 0) is 15.6 Å². The summed E-state index contributed by atoms with van der Waals surface area (Å²) in [4.78, 5) is 7.50. The number of hydrogen-bond acceptors (Lipinski definition) is 6. The Balaban J connectivity index is 2.65. The van der Waals surface area contributed by atoms with Crippen molar-refractivity contribution in [2.75, 3.05) is 12.1 Å². The van der Waals surface area contributed by atoms with Crippen molar-refractivity contribution in [3.63, 3.8) is 0 Å². The molecule has 1 aromatic heterocycles. The summed E-state index contributed by atoms with van der Waals surface area (Å²) in [6.45, 7) is 0. The predicted octanol–water partition coefficient (Wildman–Crippen LogP) is -0.361. The van der Waals surface area contributed by atoms with Gasteiger partial charge in [0.25, 0.3) is 0 Å². The summed E-state index contributed by atoms with van der Waals surface area (Å²) in [6.07, 6.45) is 2.96. The minimum absolute atomic E-state index is 0.182. The first kappa shape index (κ1) is 9.04. The molecule has 66 valence electrons. The van der Waals surface area contributed by atoms with Crippen LogP contribution < -0.4 is 5.06 Å². The summed E-state index contributed by atoms with van der Waals surface area (Å²) < 4.78 is 24.4. The topological polar surface area (TPSA) is 78.4 Å². The van der Waals surface area contributed by atoms with Gasteiger partial charge in [-0.1, -0.05) is 0 Å². The maximum Gasteiger partial charge on any atom is 0.250 e. The van der Waals surface area contributed by atoms with Gasteiger partial charge < -0.3 is 4.55 Å². The molecule has 0 aliphatic rings. The minimum atomic E-state index is -2.60. The zero-order valence-corrected chi connectivity index (χ0v) is 7.02. The van der Waals surface area contributed by atoms with Crippen LogP contribution in [0.1, 0.15) is 0 Å². The molecule has 0 N–H and O–H groups in total. The average Bonchev–Trinajstić information content (AvgIpc) is 2.05. The van der Waals surface area contributed by atoms with Crippen molar-refractivity contribution in [2.24, 2.45) is 0 Å². The van der Waals surface area contributed by atoms with Crippen LogP contribution >= 0.6 is 0 Å². The SMILES string of the molecule is CN(OS(=O)[O-])c1ncccn1. The number of hydroxylamine groups is 1. The zero-order chi connectivity index (χ0) is 8.97. The summed E-state index contributed by atoms with van der Waals surface area (Å²) in [5, 5.41) is 0.948. The smallest absolute Gasteiger partial charge is 0.250 e. The lowest BCUT2D eigenvalue weighted by atomic mass is 10.7. The monoisotopic (exact) mass is 188 g/mol. The van der Waals surface area contributed by atoms with E-state index in [1.165, 1.54) is 19.4 Å². The van der Waals surface area contributed by atoms with Gasteiger partial charge in [0.2, 0.25) is 5.95 Å². The first-order chi connectivity index (χ1) is 5.70. The van der Waals surface area contributed by atoms with Gasteiger partial charge in [0, 0.05) is 19.4 Å². The number of hydrogen-bond donors (Lipinski definition) is 0. The van der Waals surface area contributed by atoms with Gasteiger partial charge in [0.05, 0.1) is 0 Å². The highest BCUT2D eigenvalue weighted by molar-refractivity contribution is 7.74. The number of rotatable bonds is 3. The number of anilines is 1. The van der Waals surface area contributed by atoms with Gasteiger partial charge >= 0.3 is 0 Å². The van der Waals surface area contributed by atoms with Crippen molar-refractivity contribution >= 4 is 17.3 Å². The van der Waals surface area contributed by atoms with Gasteiger partial charge in [-0.05, 0) is 6.07 Å². The number of nitrogens with zero attached hydrogens (tertiary/aromatic N) is 3. The average molecular weight is 188 g/mol. The Bertz CT molecular complexity index is 268. The van der Waals surface area contributed by atoms with E-state index in [4.69, 9.17) is 0 Å². The Morgan fingerprint density at radius 3 is 2.67 bits per heavy atom. The molecule has 1 unspecified atom stereocenters. The van der Waals surface area contributed by atoms with Crippen LogP contribution in [0.5, 0.6) is 0 Å². The Kier molecular flexibility index (Phi) is 3.09. The van der Waals surface area contributed by atoms with E-state index in [0.29, 0.717) is 0 Å². The van der Waals surface area contributed by atoms with E-state index in [1.807, 2.05) is 0 Å². The highest BCUT2D eigenvalue weighted by Gasteiger charge is 2.02. The van der Waals surface area contributed by atoms with Gasteiger partial charge in [0.1, 0.15) is 11.4 Å². The quantitative estimate of drug-likeness (QED) is 0.476. The van der Waals surface area contributed by atoms with Crippen molar-refractivity contribution in [1.29, 1.82) is 0 Å². The first-order valence-electron chi connectivity index (χ1n) is 2.98. The molecule has 0 saturated heterocycles. The van der Waals surface area contributed by atoms with Crippen LogP contribution in [0.2, 0.25) is 0 Å². The summed E-state index contributed by atoms with van der Waals surface area (Å²) in [5.41, 5.74) is 0. The molecular formula is C5H6N3O3S-. The Labute approximate surface area is 71.6 Å². The van der Waals surface area contributed by atoms with Crippen molar-refractivity contribution < 1.29 is 13.0 Å². The van der Waals surface area contributed by atoms with Gasteiger partial charge in [-0.15, -0.1) is 0 Å². The molecule has 6 nitrogen and oxygen atoms in total. The summed E-state index contributed by atoms with van der Waals surface area (Å²) in [5.74, 6) is 0.182. The van der Waals surface area contributed by atoms with E-state index in [1.54, 1.807) is 6.07 Å². The van der Waals surface area contributed by atoms with Gasteiger partial charge in [-0.3, -0.25) is 0 Å². The molecule has 7 heteroatoms. The molecule has 0 aromatic carbocycles. The summed E-state index contributed by atoms with van der Waals surface area (Å²) in [7, 11) is 1.39. The van der Waals surface area contributed by atoms with Crippen molar-refractivity contribution in [1.82, 2.24) is 9.97 Å². The third-order valence-electron chi connectivity index (χ3n) is 1.01. The van der Waals surface area contributed by atoms with E-state index < -0.39 is 11.4 Å². The third-order valence-corrected chi connectivity index (χ3v) is 1.35. The normalized spacial score (nSPS) is 12.5. The largest absolute Gasteiger partial charge is 0.748 e. The maximum absolute atomic E-state index is 10.1. The van der Waals surface area contributed by atoms with E-state index in [2.05, 4.69) is 14.3 Å². The molecule has 0 aliphatic carbocycles. The van der Waals surface area contributed by atoms with Crippen LogP contribution in [0.15, 0.2) is 18.5 Å². The van der Waals surface area contributed by atoms with Gasteiger partial charge in [0.15, 0.2) is 0 Å². The Morgan fingerprint density at radius 1 is 1.58 bits per heavy atom. The molecular weight excluding hydrogens is 182 g/mol. The molecule has 0 radical (unpaired) electrons. The molecule has 0 aliphatic heterocycles. The van der Waals surface area contributed by atoms with Gasteiger partial charge in [-0.25, -0.2) is 19.2 Å². The fourth-order valence-corrected chi connectivity index (χ4v) is 0.828. The van der Waals surface area contributed by atoms with Crippen LogP contribution in [0.25, 0.3) is 0 Å². The molecule has 12 heavy (non-hydrogen) atoms. The van der Waals surface area contributed by atoms with E-state index >= 15 is 0 Å². The van der Waals surface area contributed by atoms with Crippen molar-refractivity contribution in [3.8, 4) is 0 Å². The highest BCUT2D eigenvalue weighted by atomic mass is 32.2. The lowest BCUT2D eigenvalue weighted by molar-refractivity contribution is 0.283. The van der Waals surface area contributed by atoms with Gasteiger partial charge in [-0.2, -0.15) is 4.28 Å². The Morgan fingerprint density at radius 2 is 2.17 bits per heavy atom. The van der Waals surface area contributed by atoms with E-state index in [0.717, 1.165) is 5.06 Å². The fraction of sp³-hybridized carbons (Fsp3) is 0.200. The highest BCUT2D eigenvalue weighted by Crippen LogP contribution is 2.02. The van der Waals surface area contributed by atoms with Crippen molar-refractivity contribution in [3.05, 3.63) is 18.5 Å². The predicted molar refractivity (Wildman–Crippen MR) is 40.4 cm³/mol. The molecule has 0 amide bonds. The van der Waals surface area contributed by atoms with Crippen LogP contribution in [0.3, 0.4) is 0 Å². The second kappa shape index (κ2) is 4.10. The van der Waals surface area contributed by atoms with Crippen LogP contribution in [0, 0.1) is 0 Å².